The zero-order chi connectivity index (χ0) is 20.2. The number of hydrogen-bond donors (Lipinski definition) is 1. The predicted molar refractivity (Wildman–Crippen MR) is 107 cm³/mol. The SMILES string of the molecule is COc1ccc(NC(=O)N2CCC[C@H]2c2nc(-c3ccc(OC)cc3)no2)cc1. The number of urea groups is 1. The molecule has 0 saturated carbocycles. The van der Waals surface area contributed by atoms with E-state index in [0.717, 1.165) is 29.9 Å². The first-order valence-corrected chi connectivity index (χ1v) is 9.37. The van der Waals surface area contributed by atoms with Crippen molar-refractivity contribution in [2.75, 3.05) is 26.1 Å². The van der Waals surface area contributed by atoms with E-state index >= 15 is 0 Å². The number of hydrogen-bond acceptors (Lipinski definition) is 6. The van der Waals surface area contributed by atoms with Gasteiger partial charge >= 0.3 is 6.03 Å². The highest BCUT2D eigenvalue weighted by atomic mass is 16.5. The van der Waals surface area contributed by atoms with Gasteiger partial charge in [-0.2, -0.15) is 4.98 Å². The van der Waals surface area contributed by atoms with E-state index in [2.05, 4.69) is 15.5 Å². The summed E-state index contributed by atoms with van der Waals surface area (Å²) < 4.78 is 15.8. The van der Waals surface area contributed by atoms with E-state index in [1.807, 2.05) is 24.3 Å². The largest absolute Gasteiger partial charge is 0.497 e. The molecule has 29 heavy (non-hydrogen) atoms. The number of carbonyl (C=O) groups excluding carboxylic acids is 1. The minimum atomic E-state index is -0.243. The van der Waals surface area contributed by atoms with Gasteiger partial charge in [-0.25, -0.2) is 4.79 Å². The summed E-state index contributed by atoms with van der Waals surface area (Å²) in [7, 11) is 3.22. The monoisotopic (exact) mass is 394 g/mol. The number of nitrogens with zero attached hydrogens (tertiary/aromatic N) is 3. The molecule has 0 bridgehead atoms. The first-order valence-electron chi connectivity index (χ1n) is 9.37. The van der Waals surface area contributed by atoms with Gasteiger partial charge in [-0.3, -0.25) is 0 Å². The van der Waals surface area contributed by atoms with Crippen molar-refractivity contribution in [2.45, 2.75) is 18.9 Å². The fourth-order valence-corrected chi connectivity index (χ4v) is 3.36. The van der Waals surface area contributed by atoms with Crippen molar-refractivity contribution in [3.05, 3.63) is 54.4 Å². The van der Waals surface area contributed by atoms with Gasteiger partial charge in [-0.15, -0.1) is 0 Å². The van der Waals surface area contributed by atoms with Crippen molar-refractivity contribution in [2.24, 2.45) is 0 Å². The second kappa shape index (κ2) is 8.22. The van der Waals surface area contributed by atoms with Gasteiger partial charge in [-0.05, 0) is 61.4 Å². The normalized spacial score (nSPS) is 15.9. The first kappa shape index (κ1) is 18.8. The van der Waals surface area contributed by atoms with Crippen molar-refractivity contribution in [1.29, 1.82) is 0 Å². The molecule has 1 N–H and O–H groups in total. The van der Waals surface area contributed by atoms with Gasteiger partial charge in [0.25, 0.3) is 0 Å². The van der Waals surface area contributed by atoms with E-state index in [-0.39, 0.29) is 12.1 Å². The Bertz CT molecular complexity index is 969. The Hall–Kier alpha value is -3.55. The third-order valence-corrected chi connectivity index (χ3v) is 4.93. The molecule has 3 aromatic rings. The van der Waals surface area contributed by atoms with Crippen LogP contribution < -0.4 is 14.8 Å². The van der Waals surface area contributed by atoms with Gasteiger partial charge in [0.15, 0.2) is 0 Å². The molecule has 1 aliphatic heterocycles. The standard InChI is InChI=1S/C21H22N4O4/c1-27-16-9-5-14(6-10-16)19-23-20(29-24-19)18-4-3-13-25(18)21(26)22-15-7-11-17(28-2)12-8-15/h5-12,18H,3-4,13H2,1-2H3,(H,22,26)/t18-/m0/s1. The highest BCUT2D eigenvalue weighted by molar-refractivity contribution is 5.89. The molecule has 2 aromatic carbocycles. The molecule has 150 valence electrons. The molecular weight excluding hydrogens is 372 g/mol. The first-order chi connectivity index (χ1) is 14.2. The number of ether oxygens (including phenoxy) is 2. The summed E-state index contributed by atoms with van der Waals surface area (Å²) in [5, 5.41) is 7.00. The molecule has 8 heteroatoms. The highest BCUT2D eigenvalue weighted by Crippen LogP contribution is 2.33. The van der Waals surface area contributed by atoms with Gasteiger partial charge in [0.2, 0.25) is 11.7 Å². The van der Waals surface area contributed by atoms with Crippen molar-refractivity contribution in [1.82, 2.24) is 15.0 Å². The Morgan fingerprint density at radius 2 is 1.72 bits per heavy atom. The Labute approximate surface area is 168 Å². The van der Waals surface area contributed by atoms with Crippen LogP contribution in [-0.4, -0.2) is 41.8 Å². The Morgan fingerprint density at radius 3 is 2.38 bits per heavy atom. The van der Waals surface area contributed by atoms with Crippen molar-refractivity contribution in [3.63, 3.8) is 0 Å². The van der Waals surface area contributed by atoms with Crippen molar-refractivity contribution >= 4 is 11.7 Å². The lowest BCUT2D eigenvalue weighted by atomic mass is 10.2. The maximum atomic E-state index is 12.8. The lowest BCUT2D eigenvalue weighted by Crippen LogP contribution is -2.34. The third kappa shape index (κ3) is 4.01. The summed E-state index contributed by atoms with van der Waals surface area (Å²) in [5.74, 6) is 2.43. The number of nitrogens with one attached hydrogen (secondary N) is 1. The highest BCUT2D eigenvalue weighted by Gasteiger charge is 2.34. The van der Waals surface area contributed by atoms with Crippen molar-refractivity contribution in [3.8, 4) is 22.9 Å². The van der Waals surface area contributed by atoms with Crippen LogP contribution in [0.2, 0.25) is 0 Å². The summed E-state index contributed by atoms with van der Waals surface area (Å²) >= 11 is 0. The molecule has 0 spiro atoms. The molecule has 1 aliphatic rings. The fraction of sp³-hybridized carbons (Fsp3) is 0.286. The number of methoxy groups -OCH3 is 2. The molecule has 2 amide bonds. The quantitative estimate of drug-likeness (QED) is 0.700. The van der Waals surface area contributed by atoms with Gasteiger partial charge in [0.1, 0.15) is 17.5 Å². The number of likely N-dealkylation sites (tertiary alicyclic amines) is 1. The fourth-order valence-electron chi connectivity index (χ4n) is 3.36. The second-order valence-electron chi connectivity index (χ2n) is 6.69. The zero-order valence-electron chi connectivity index (χ0n) is 16.3. The molecule has 0 unspecified atom stereocenters. The average molecular weight is 394 g/mol. The molecule has 1 saturated heterocycles. The minimum absolute atomic E-state index is 0.193. The average Bonchev–Trinajstić information content (AvgIpc) is 3.44. The third-order valence-electron chi connectivity index (χ3n) is 4.93. The van der Waals surface area contributed by atoms with E-state index in [9.17, 15) is 4.79 Å². The summed E-state index contributed by atoms with van der Waals surface area (Å²) in [6, 6.07) is 14.2. The van der Waals surface area contributed by atoms with Crippen LogP contribution in [0.1, 0.15) is 24.8 Å². The van der Waals surface area contributed by atoms with Gasteiger partial charge in [0, 0.05) is 17.8 Å². The van der Waals surface area contributed by atoms with E-state index in [1.165, 1.54) is 0 Å². The molecule has 4 rings (SSSR count). The molecule has 1 atom stereocenters. The number of benzene rings is 2. The minimum Gasteiger partial charge on any atom is -0.497 e. The van der Waals surface area contributed by atoms with Crippen molar-refractivity contribution < 1.29 is 18.8 Å². The summed E-state index contributed by atoms with van der Waals surface area (Å²) in [4.78, 5) is 19.0. The van der Waals surface area contributed by atoms with E-state index in [4.69, 9.17) is 14.0 Å². The van der Waals surface area contributed by atoms with Crippen LogP contribution in [-0.2, 0) is 0 Å². The van der Waals surface area contributed by atoms with Crippen LogP contribution in [0.25, 0.3) is 11.4 Å². The summed E-state index contributed by atoms with van der Waals surface area (Å²) in [5.41, 5.74) is 1.53. The lowest BCUT2D eigenvalue weighted by molar-refractivity contribution is 0.193. The maximum Gasteiger partial charge on any atom is 0.322 e. The molecular formula is C21H22N4O4. The van der Waals surface area contributed by atoms with Crippen LogP contribution in [0.15, 0.2) is 53.1 Å². The topological polar surface area (TPSA) is 89.7 Å². The van der Waals surface area contributed by atoms with Crippen LogP contribution in [0.3, 0.4) is 0 Å². The van der Waals surface area contributed by atoms with E-state index < -0.39 is 0 Å². The number of aromatic nitrogens is 2. The van der Waals surface area contributed by atoms with Crippen LogP contribution in [0.4, 0.5) is 10.5 Å². The second-order valence-corrected chi connectivity index (χ2v) is 6.69. The summed E-state index contributed by atoms with van der Waals surface area (Å²) in [6.45, 7) is 0.632. The zero-order valence-corrected chi connectivity index (χ0v) is 16.3. The smallest absolute Gasteiger partial charge is 0.322 e. The number of rotatable bonds is 5. The lowest BCUT2D eigenvalue weighted by Gasteiger charge is -2.22. The van der Waals surface area contributed by atoms with Gasteiger partial charge in [-0.1, -0.05) is 5.16 Å². The molecule has 1 aromatic heterocycles. The van der Waals surface area contributed by atoms with Crippen LogP contribution >= 0.6 is 0 Å². The van der Waals surface area contributed by atoms with Crippen LogP contribution in [0.5, 0.6) is 11.5 Å². The molecule has 8 nitrogen and oxygen atoms in total. The van der Waals surface area contributed by atoms with Gasteiger partial charge < -0.3 is 24.2 Å². The molecule has 1 fully saturated rings. The van der Waals surface area contributed by atoms with E-state index in [1.54, 1.807) is 43.4 Å². The number of amides is 2. The Balaban J connectivity index is 1.47. The Morgan fingerprint density at radius 1 is 1.07 bits per heavy atom. The molecule has 2 heterocycles. The summed E-state index contributed by atoms with van der Waals surface area (Å²) in [6.07, 6.45) is 1.65. The number of carbonyl (C=O) groups is 1. The molecule has 0 aliphatic carbocycles. The number of anilines is 1. The predicted octanol–water partition coefficient (Wildman–Crippen LogP) is 4.12. The Kier molecular flexibility index (Phi) is 5.33. The van der Waals surface area contributed by atoms with Gasteiger partial charge in [0.05, 0.1) is 14.2 Å². The van der Waals surface area contributed by atoms with E-state index in [0.29, 0.717) is 23.9 Å². The van der Waals surface area contributed by atoms with Crippen LogP contribution in [0, 0.1) is 0 Å². The maximum absolute atomic E-state index is 12.8. The molecule has 0 radical (unpaired) electrons.